The van der Waals surface area contributed by atoms with E-state index in [0.29, 0.717) is 12.4 Å². The molecular formula is C13H16O4. The molecule has 1 saturated heterocycles. The lowest BCUT2D eigenvalue weighted by Crippen LogP contribution is -2.33. The molecule has 4 nitrogen and oxygen atoms in total. The number of ether oxygens (including phenoxy) is 3. The molecule has 1 atom stereocenters. The van der Waals surface area contributed by atoms with Crippen LogP contribution in [-0.4, -0.2) is 24.5 Å². The summed E-state index contributed by atoms with van der Waals surface area (Å²) in [5, 5.41) is 0. The second-order valence-electron chi connectivity index (χ2n) is 4.76. The quantitative estimate of drug-likeness (QED) is 0.654. The van der Waals surface area contributed by atoms with E-state index >= 15 is 0 Å². The molecule has 0 radical (unpaired) electrons. The molecular weight excluding hydrogens is 220 g/mol. The molecule has 1 saturated carbocycles. The summed E-state index contributed by atoms with van der Waals surface area (Å²) in [6.07, 6.45) is 10.3. The van der Waals surface area contributed by atoms with E-state index in [1.165, 1.54) is 12.5 Å². The van der Waals surface area contributed by atoms with Gasteiger partial charge in [-0.05, 0) is 25.0 Å². The van der Waals surface area contributed by atoms with Crippen molar-refractivity contribution in [2.75, 3.05) is 6.61 Å². The second kappa shape index (κ2) is 4.27. The van der Waals surface area contributed by atoms with Gasteiger partial charge >= 0.3 is 5.97 Å². The van der Waals surface area contributed by atoms with Crippen LogP contribution in [0, 0.1) is 0 Å². The summed E-state index contributed by atoms with van der Waals surface area (Å²) in [6, 6.07) is 0. The van der Waals surface area contributed by atoms with Crippen molar-refractivity contribution in [3.63, 3.8) is 0 Å². The number of carbonyl (C=O) groups excluding carboxylic acids is 1. The lowest BCUT2D eigenvalue weighted by molar-refractivity contribution is -0.183. The third-order valence-electron chi connectivity index (χ3n) is 3.44. The van der Waals surface area contributed by atoms with E-state index in [2.05, 4.69) is 0 Å². The highest BCUT2D eigenvalue weighted by atomic mass is 16.7. The molecule has 3 rings (SSSR count). The minimum atomic E-state index is -0.369. The Kier molecular flexibility index (Phi) is 2.76. The Morgan fingerprint density at radius 1 is 1.24 bits per heavy atom. The van der Waals surface area contributed by atoms with Crippen molar-refractivity contribution in [3.8, 4) is 0 Å². The van der Waals surface area contributed by atoms with Crippen LogP contribution >= 0.6 is 0 Å². The van der Waals surface area contributed by atoms with Crippen molar-refractivity contribution >= 4 is 5.97 Å². The van der Waals surface area contributed by atoms with E-state index in [4.69, 9.17) is 14.2 Å². The molecule has 0 N–H and O–H groups in total. The third kappa shape index (κ3) is 2.28. The van der Waals surface area contributed by atoms with Crippen molar-refractivity contribution in [1.29, 1.82) is 0 Å². The number of allylic oxidation sites excluding steroid dienone is 1. The standard InChI is InChI=1S/C13H16O4/c14-12-5-4-10(16-12)8-11-9-15-13(17-11)6-2-1-3-7-13/h4-5,8,11H,1-3,6-7,9H2/b10-8-/t11-/m0/s1. The zero-order chi connectivity index (χ0) is 11.7. The molecule has 0 aromatic carbocycles. The number of carbonyl (C=O) groups is 1. The Balaban J connectivity index is 1.64. The van der Waals surface area contributed by atoms with Crippen LogP contribution in [0.2, 0.25) is 0 Å². The largest absolute Gasteiger partial charge is 0.424 e. The van der Waals surface area contributed by atoms with Gasteiger partial charge < -0.3 is 14.2 Å². The predicted octanol–water partition coefficient (Wildman–Crippen LogP) is 2.06. The maximum Gasteiger partial charge on any atom is 0.336 e. The van der Waals surface area contributed by atoms with Gasteiger partial charge in [-0.2, -0.15) is 0 Å². The highest BCUT2D eigenvalue weighted by molar-refractivity contribution is 5.86. The second-order valence-corrected chi connectivity index (χ2v) is 4.76. The van der Waals surface area contributed by atoms with Crippen molar-refractivity contribution in [1.82, 2.24) is 0 Å². The van der Waals surface area contributed by atoms with E-state index in [1.54, 1.807) is 6.08 Å². The zero-order valence-corrected chi connectivity index (χ0v) is 9.69. The normalized spacial score (nSPS) is 33.5. The van der Waals surface area contributed by atoms with Gasteiger partial charge in [-0.3, -0.25) is 0 Å². The van der Waals surface area contributed by atoms with E-state index in [9.17, 15) is 4.79 Å². The first kappa shape index (κ1) is 11.0. The van der Waals surface area contributed by atoms with Gasteiger partial charge in [0.1, 0.15) is 11.9 Å². The lowest BCUT2D eigenvalue weighted by Gasteiger charge is -2.31. The fourth-order valence-corrected chi connectivity index (χ4v) is 2.62. The molecule has 2 heterocycles. The van der Waals surface area contributed by atoms with Gasteiger partial charge in [0.25, 0.3) is 0 Å². The number of rotatable bonds is 1. The van der Waals surface area contributed by atoms with Crippen LogP contribution in [0.4, 0.5) is 0 Å². The number of esters is 1. The van der Waals surface area contributed by atoms with Gasteiger partial charge in [-0.15, -0.1) is 0 Å². The van der Waals surface area contributed by atoms with Crippen LogP contribution in [0.3, 0.4) is 0 Å². The van der Waals surface area contributed by atoms with Gasteiger partial charge in [-0.25, -0.2) is 4.79 Å². The van der Waals surface area contributed by atoms with Crippen molar-refractivity contribution in [2.45, 2.75) is 44.0 Å². The number of hydrogen-bond donors (Lipinski definition) is 0. The first-order valence-electron chi connectivity index (χ1n) is 6.19. The first-order valence-corrected chi connectivity index (χ1v) is 6.19. The molecule has 4 heteroatoms. The number of hydrogen-bond acceptors (Lipinski definition) is 4. The average molecular weight is 236 g/mol. The highest BCUT2D eigenvalue weighted by Crippen LogP contribution is 2.38. The van der Waals surface area contributed by atoms with E-state index in [-0.39, 0.29) is 17.9 Å². The first-order chi connectivity index (χ1) is 8.26. The summed E-state index contributed by atoms with van der Waals surface area (Å²) in [7, 11) is 0. The minimum absolute atomic E-state index is 0.0985. The fraction of sp³-hybridized carbons (Fsp3) is 0.615. The maximum absolute atomic E-state index is 10.9. The summed E-state index contributed by atoms with van der Waals surface area (Å²) in [5.41, 5.74) is 0. The van der Waals surface area contributed by atoms with Gasteiger partial charge in [0, 0.05) is 18.9 Å². The molecule has 2 aliphatic heterocycles. The van der Waals surface area contributed by atoms with Crippen LogP contribution in [0.1, 0.15) is 32.1 Å². The molecule has 2 fully saturated rings. The SMILES string of the molecule is O=C1C=C/C(=C/[C@H]2COC3(CCCCC3)O2)O1. The van der Waals surface area contributed by atoms with Gasteiger partial charge in [0.05, 0.1) is 6.61 Å². The summed E-state index contributed by atoms with van der Waals surface area (Å²) in [6.45, 7) is 0.550. The number of cyclic esters (lactones) is 1. The van der Waals surface area contributed by atoms with Crippen LogP contribution < -0.4 is 0 Å². The Hall–Kier alpha value is -1.13. The average Bonchev–Trinajstić information content (AvgIpc) is 2.89. The summed E-state index contributed by atoms with van der Waals surface area (Å²) in [4.78, 5) is 10.9. The molecule has 0 bridgehead atoms. The van der Waals surface area contributed by atoms with Gasteiger partial charge in [0.15, 0.2) is 5.79 Å². The summed E-state index contributed by atoms with van der Waals surface area (Å²) < 4.78 is 16.7. The zero-order valence-electron chi connectivity index (χ0n) is 9.69. The molecule has 0 unspecified atom stereocenters. The van der Waals surface area contributed by atoms with E-state index in [1.807, 2.05) is 6.08 Å². The van der Waals surface area contributed by atoms with Crippen LogP contribution in [0.5, 0.6) is 0 Å². The summed E-state index contributed by atoms with van der Waals surface area (Å²) in [5.74, 6) is -0.120. The van der Waals surface area contributed by atoms with Crippen LogP contribution in [-0.2, 0) is 19.0 Å². The Morgan fingerprint density at radius 3 is 2.76 bits per heavy atom. The molecule has 1 spiro atoms. The molecule has 0 aromatic rings. The van der Waals surface area contributed by atoms with Crippen molar-refractivity contribution in [2.24, 2.45) is 0 Å². The molecule has 0 aromatic heterocycles. The van der Waals surface area contributed by atoms with Crippen molar-refractivity contribution < 1.29 is 19.0 Å². The Morgan fingerprint density at radius 2 is 2.06 bits per heavy atom. The van der Waals surface area contributed by atoms with Crippen LogP contribution in [0.15, 0.2) is 24.0 Å². The smallest absolute Gasteiger partial charge is 0.336 e. The van der Waals surface area contributed by atoms with E-state index < -0.39 is 0 Å². The lowest BCUT2D eigenvalue weighted by atomic mass is 9.94. The minimum Gasteiger partial charge on any atom is -0.424 e. The van der Waals surface area contributed by atoms with E-state index in [0.717, 1.165) is 25.7 Å². The molecule has 1 aliphatic carbocycles. The topological polar surface area (TPSA) is 44.8 Å². The molecule has 17 heavy (non-hydrogen) atoms. The summed E-state index contributed by atoms with van der Waals surface area (Å²) >= 11 is 0. The third-order valence-corrected chi connectivity index (χ3v) is 3.44. The molecule has 92 valence electrons. The fourth-order valence-electron chi connectivity index (χ4n) is 2.62. The maximum atomic E-state index is 10.9. The highest BCUT2D eigenvalue weighted by Gasteiger charge is 2.41. The molecule has 0 amide bonds. The Bertz CT molecular complexity index is 377. The monoisotopic (exact) mass is 236 g/mol. The van der Waals surface area contributed by atoms with Crippen LogP contribution in [0.25, 0.3) is 0 Å². The van der Waals surface area contributed by atoms with Gasteiger partial charge in [-0.1, -0.05) is 6.42 Å². The van der Waals surface area contributed by atoms with Gasteiger partial charge in [0.2, 0.25) is 0 Å². The predicted molar refractivity (Wildman–Crippen MR) is 60.0 cm³/mol. The Labute approximate surface area is 100 Å². The van der Waals surface area contributed by atoms with Crippen molar-refractivity contribution in [3.05, 3.63) is 24.0 Å². The molecule has 3 aliphatic rings.